The molecule has 202 valence electrons. The third-order valence-corrected chi connectivity index (χ3v) is 7.79. The molecule has 2 atom stereocenters. The molecule has 0 aliphatic carbocycles. The largest absolute Gasteiger partial charge is 0.492 e. The molecule has 0 saturated carbocycles. The highest BCUT2D eigenvalue weighted by molar-refractivity contribution is 5.82. The molecule has 0 spiro atoms. The zero-order chi connectivity index (χ0) is 25.6. The van der Waals surface area contributed by atoms with Crippen molar-refractivity contribution in [2.24, 2.45) is 5.92 Å². The fourth-order valence-electron chi connectivity index (χ4n) is 5.52. The first-order valence-corrected chi connectivity index (χ1v) is 14.0. The van der Waals surface area contributed by atoms with Crippen molar-refractivity contribution >= 4 is 17.7 Å². The number of nitrogens with zero attached hydrogens (tertiary/aromatic N) is 5. The number of anilines is 2. The predicted octanol–water partition coefficient (Wildman–Crippen LogP) is 3.43. The molecule has 1 amide bonds. The fourth-order valence-corrected chi connectivity index (χ4v) is 5.52. The average molecular weight is 512 g/mol. The van der Waals surface area contributed by atoms with Crippen LogP contribution in [0.4, 0.5) is 11.8 Å². The molecule has 10 heteroatoms. The molecule has 3 fully saturated rings. The van der Waals surface area contributed by atoms with Crippen LogP contribution in [0.5, 0.6) is 5.75 Å². The summed E-state index contributed by atoms with van der Waals surface area (Å²) in [6, 6.07) is 4.72. The van der Waals surface area contributed by atoms with Crippen LogP contribution in [0.15, 0.2) is 22.9 Å². The number of nitrogens with one attached hydrogen (secondary N) is 2. The van der Waals surface area contributed by atoms with Crippen LogP contribution < -0.4 is 20.3 Å². The van der Waals surface area contributed by atoms with Gasteiger partial charge in [0.1, 0.15) is 11.6 Å². The average Bonchev–Trinajstić information content (AvgIpc) is 3.70. The Morgan fingerprint density at radius 2 is 2.03 bits per heavy atom. The number of amides is 1. The van der Waals surface area contributed by atoms with Gasteiger partial charge in [-0.05, 0) is 63.0 Å². The lowest BCUT2D eigenvalue weighted by atomic mass is 9.92. The van der Waals surface area contributed by atoms with Crippen LogP contribution in [-0.4, -0.2) is 77.3 Å². The lowest BCUT2D eigenvalue weighted by Gasteiger charge is -2.30. The van der Waals surface area contributed by atoms with E-state index in [1.54, 1.807) is 6.20 Å². The highest BCUT2D eigenvalue weighted by Gasteiger charge is 2.33. The van der Waals surface area contributed by atoms with Crippen molar-refractivity contribution in [3.63, 3.8) is 0 Å². The third-order valence-electron chi connectivity index (χ3n) is 7.79. The number of piperidine rings is 1. The van der Waals surface area contributed by atoms with E-state index in [1.807, 2.05) is 17.0 Å². The highest BCUT2D eigenvalue weighted by atomic mass is 16.5. The summed E-state index contributed by atoms with van der Waals surface area (Å²) < 4.78 is 11.4. The molecule has 2 aromatic rings. The second-order valence-electron chi connectivity index (χ2n) is 11.0. The SMILES string of the molecule is CC(C)c1noc(N2CCC(CCCOc3ccc(N[C@@H]4CN[C@H](C(=O)N5CCCC5)C4)nc3)CC2)n1. The van der Waals surface area contributed by atoms with E-state index in [1.165, 1.54) is 0 Å². The maximum atomic E-state index is 12.6. The molecule has 2 N–H and O–H groups in total. The molecule has 0 unspecified atom stereocenters. The van der Waals surface area contributed by atoms with Gasteiger partial charge in [-0.1, -0.05) is 19.0 Å². The van der Waals surface area contributed by atoms with Crippen LogP contribution in [0, 0.1) is 5.92 Å². The summed E-state index contributed by atoms with van der Waals surface area (Å²) in [5, 5.41) is 10.9. The van der Waals surface area contributed by atoms with Crippen LogP contribution in [-0.2, 0) is 4.79 Å². The van der Waals surface area contributed by atoms with Gasteiger partial charge in [0.25, 0.3) is 0 Å². The third kappa shape index (κ3) is 6.71. The smallest absolute Gasteiger partial charge is 0.324 e. The number of likely N-dealkylation sites (tertiary alicyclic amines) is 1. The van der Waals surface area contributed by atoms with Crippen molar-refractivity contribution in [1.29, 1.82) is 0 Å². The van der Waals surface area contributed by atoms with Gasteiger partial charge < -0.3 is 29.7 Å². The monoisotopic (exact) mass is 511 g/mol. The van der Waals surface area contributed by atoms with Gasteiger partial charge in [0.05, 0.1) is 18.8 Å². The molecule has 3 aliphatic heterocycles. The van der Waals surface area contributed by atoms with Gasteiger partial charge >= 0.3 is 6.01 Å². The Hall–Kier alpha value is -2.88. The summed E-state index contributed by atoms with van der Waals surface area (Å²) >= 11 is 0. The van der Waals surface area contributed by atoms with E-state index in [0.29, 0.717) is 18.5 Å². The Labute approximate surface area is 219 Å². The minimum absolute atomic E-state index is 0.0815. The van der Waals surface area contributed by atoms with Crippen molar-refractivity contribution in [3.8, 4) is 5.75 Å². The highest BCUT2D eigenvalue weighted by Crippen LogP contribution is 2.26. The zero-order valence-electron chi connectivity index (χ0n) is 22.2. The van der Waals surface area contributed by atoms with Crippen molar-refractivity contribution in [2.45, 2.75) is 76.8 Å². The number of pyridine rings is 1. The molecule has 0 bridgehead atoms. The van der Waals surface area contributed by atoms with Gasteiger partial charge in [-0.2, -0.15) is 4.98 Å². The minimum Gasteiger partial charge on any atom is -0.492 e. The van der Waals surface area contributed by atoms with Gasteiger partial charge in [0.15, 0.2) is 5.82 Å². The molecule has 37 heavy (non-hydrogen) atoms. The Kier molecular flexibility index (Phi) is 8.43. The summed E-state index contributed by atoms with van der Waals surface area (Å²) in [7, 11) is 0. The minimum atomic E-state index is -0.0815. The molecule has 10 nitrogen and oxygen atoms in total. The molecule has 5 rings (SSSR count). The maximum absolute atomic E-state index is 12.6. The van der Waals surface area contributed by atoms with E-state index < -0.39 is 0 Å². The standard InChI is InChI=1S/C27H41N7O3/c1-19(2)25-31-27(37-32-25)34-13-9-20(10-14-34)6-5-15-36-22-7-8-24(29-18-22)30-21-16-23(28-17-21)26(35)33-11-3-4-12-33/h7-8,18-21,23,28H,3-6,9-17H2,1-2H3,(H,29,30)/t21-,23-/m0/s1. The number of rotatable bonds is 10. The summed E-state index contributed by atoms with van der Waals surface area (Å²) in [5.41, 5.74) is 0. The first-order chi connectivity index (χ1) is 18.0. The lowest BCUT2D eigenvalue weighted by Crippen LogP contribution is -2.42. The fraction of sp³-hybridized carbons (Fsp3) is 0.704. The summed E-state index contributed by atoms with van der Waals surface area (Å²) in [4.78, 5) is 25.9. The van der Waals surface area contributed by atoms with Crippen molar-refractivity contribution < 1.29 is 14.1 Å². The lowest BCUT2D eigenvalue weighted by molar-refractivity contribution is -0.131. The van der Waals surface area contributed by atoms with Crippen LogP contribution >= 0.6 is 0 Å². The number of ether oxygens (including phenoxy) is 1. The quantitative estimate of drug-likeness (QED) is 0.464. The second-order valence-corrected chi connectivity index (χ2v) is 11.0. The van der Waals surface area contributed by atoms with Crippen molar-refractivity contribution in [2.75, 3.05) is 49.5 Å². The Bertz CT molecular complexity index is 998. The van der Waals surface area contributed by atoms with Gasteiger partial charge in [-0.25, -0.2) is 4.98 Å². The summed E-state index contributed by atoms with van der Waals surface area (Å²) in [6.45, 7) is 9.36. The molecule has 2 aromatic heterocycles. The Balaban J connectivity index is 0.966. The molecule has 3 aliphatic rings. The maximum Gasteiger partial charge on any atom is 0.324 e. The number of carbonyl (C=O) groups is 1. The van der Waals surface area contributed by atoms with Gasteiger partial charge in [-0.3, -0.25) is 4.79 Å². The van der Waals surface area contributed by atoms with Crippen LogP contribution in [0.1, 0.15) is 70.5 Å². The molecule has 5 heterocycles. The molecule has 0 radical (unpaired) electrons. The summed E-state index contributed by atoms with van der Waals surface area (Å²) in [5.74, 6) is 3.63. The second kappa shape index (κ2) is 12.1. The number of carbonyl (C=O) groups excluding carboxylic acids is 1. The predicted molar refractivity (Wildman–Crippen MR) is 142 cm³/mol. The van der Waals surface area contributed by atoms with Gasteiger partial charge in [0, 0.05) is 44.7 Å². The Morgan fingerprint density at radius 3 is 2.73 bits per heavy atom. The van der Waals surface area contributed by atoms with Crippen molar-refractivity contribution in [1.82, 2.24) is 25.3 Å². The van der Waals surface area contributed by atoms with Crippen LogP contribution in [0.25, 0.3) is 0 Å². The molecular formula is C27H41N7O3. The van der Waals surface area contributed by atoms with Crippen LogP contribution in [0.2, 0.25) is 0 Å². The number of aromatic nitrogens is 3. The van der Waals surface area contributed by atoms with Gasteiger partial charge in [-0.15, -0.1) is 0 Å². The Morgan fingerprint density at radius 1 is 1.22 bits per heavy atom. The molecular weight excluding hydrogens is 470 g/mol. The number of hydrogen-bond donors (Lipinski definition) is 2. The van der Waals surface area contributed by atoms with E-state index in [0.717, 1.165) is 95.1 Å². The molecule has 0 aromatic carbocycles. The molecule has 3 saturated heterocycles. The topological polar surface area (TPSA) is 109 Å². The van der Waals surface area contributed by atoms with E-state index in [2.05, 4.69) is 44.5 Å². The van der Waals surface area contributed by atoms with E-state index in [4.69, 9.17) is 9.26 Å². The normalized spacial score (nSPS) is 22.7. The van der Waals surface area contributed by atoms with E-state index in [9.17, 15) is 4.79 Å². The summed E-state index contributed by atoms with van der Waals surface area (Å²) in [6.07, 6.45) is 9.30. The first kappa shape index (κ1) is 25.8. The number of hydrogen-bond acceptors (Lipinski definition) is 9. The first-order valence-electron chi connectivity index (χ1n) is 14.0. The van der Waals surface area contributed by atoms with E-state index >= 15 is 0 Å². The van der Waals surface area contributed by atoms with Gasteiger partial charge in [0.2, 0.25) is 5.91 Å². The van der Waals surface area contributed by atoms with Crippen LogP contribution in [0.3, 0.4) is 0 Å². The zero-order valence-corrected chi connectivity index (χ0v) is 22.2. The van der Waals surface area contributed by atoms with Crippen molar-refractivity contribution in [3.05, 3.63) is 24.2 Å². The van der Waals surface area contributed by atoms with E-state index in [-0.39, 0.29) is 23.9 Å².